The molecule has 3 nitrogen and oxygen atoms in total. The Bertz CT molecular complexity index is 346. The summed E-state index contributed by atoms with van der Waals surface area (Å²) in [6.45, 7) is 17.0. The van der Waals surface area contributed by atoms with Gasteiger partial charge in [0.05, 0.1) is 11.2 Å². The maximum Gasteiger partial charge on any atom is 0.0760 e. The standard InChI is InChI=1S/C18H36N2O/c1-16(2)10-8-9-14(15(16)19-7)11-20-12-17(3,4)21-18(5,6)13-20/h14-15,19H,8-13H2,1-7H3. The van der Waals surface area contributed by atoms with Crippen molar-refractivity contribution in [1.29, 1.82) is 0 Å². The Morgan fingerprint density at radius 3 is 2.14 bits per heavy atom. The molecule has 1 heterocycles. The monoisotopic (exact) mass is 296 g/mol. The molecule has 2 fully saturated rings. The number of hydrogen-bond donors (Lipinski definition) is 1. The maximum atomic E-state index is 6.22. The first-order valence-electron chi connectivity index (χ1n) is 8.64. The first-order chi connectivity index (χ1) is 9.55. The van der Waals surface area contributed by atoms with E-state index in [1.54, 1.807) is 0 Å². The third-order valence-corrected chi connectivity index (χ3v) is 5.27. The van der Waals surface area contributed by atoms with E-state index in [0.29, 0.717) is 11.5 Å². The van der Waals surface area contributed by atoms with Crippen LogP contribution in [0.1, 0.15) is 60.8 Å². The zero-order valence-electron chi connectivity index (χ0n) is 15.3. The predicted molar refractivity (Wildman–Crippen MR) is 89.7 cm³/mol. The van der Waals surface area contributed by atoms with Gasteiger partial charge in [0.2, 0.25) is 0 Å². The fourth-order valence-corrected chi connectivity index (χ4v) is 5.01. The molecular weight excluding hydrogens is 260 g/mol. The minimum absolute atomic E-state index is 0.0406. The summed E-state index contributed by atoms with van der Waals surface area (Å²) >= 11 is 0. The molecule has 0 spiro atoms. The highest BCUT2D eigenvalue weighted by Crippen LogP contribution is 2.40. The topological polar surface area (TPSA) is 24.5 Å². The summed E-state index contributed by atoms with van der Waals surface area (Å²) in [5, 5.41) is 3.62. The quantitative estimate of drug-likeness (QED) is 0.865. The van der Waals surface area contributed by atoms with Gasteiger partial charge in [-0.1, -0.05) is 20.3 Å². The Kier molecular flexibility index (Phi) is 4.78. The fraction of sp³-hybridized carbons (Fsp3) is 1.00. The van der Waals surface area contributed by atoms with Gasteiger partial charge in [0.1, 0.15) is 0 Å². The predicted octanol–water partition coefficient (Wildman–Crippen LogP) is 3.29. The van der Waals surface area contributed by atoms with Crippen molar-refractivity contribution in [3.63, 3.8) is 0 Å². The van der Waals surface area contributed by atoms with Gasteiger partial charge in [0, 0.05) is 25.7 Å². The first-order valence-corrected chi connectivity index (χ1v) is 8.64. The molecule has 1 aliphatic carbocycles. The van der Waals surface area contributed by atoms with Crippen molar-refractivity contribution in [3.05, 3.63) is 0 Å². The second-order valence-corrected chi connectivity index (χ2v) is 9.20. The lowest BCUT2D eigenvalue weighted by Gasteiger charge is -2.50. The van der Waals surface area contributed by atoms with Gasteiger partial charge in [-0.05, 0) is 58.9 Å². The van der Waals surface area contributed by atoms with Crippen molar-refractivity contribution in [2.75, 3.05) is 26.7 Å². The molecule has 0 aromatic carbocycles. The molecule has 21 heavy (non-hydrogen) atoms. The molecular formula is C18H36N2O. The molecule has 2 unspecified atom stereocenters. The van der Waals surface area contributed by atoms with Crippen LogP contribution in [0.3, 0.4) is 0 Å². The van der Waals surface area contributed by atoms with Gasteiger partial charge in [-0.15, -0.1) is 0 Å². The Labute approximate surface area is 131 Å². The van der Waals surface area contributed by atoms with Crippen molar-refractivity contribution < 1.29 is 4.74 Å². The molecule has 0 aromatic rings. The van der Waals surface area contributed by atoms with E-state index in [0.717, 1.165) is 19.0 Å². The zero-order chi connectivity index (χ0) is 15.9. The van der Waals surface area contributed by atoms with Crippen LogP contribution in [0, 0.1) is 11.3 Å². The van der Waals surface area contributed by atoms with Gasteiger partial charge in [-0.25, -0.2) is 0 Å². The molecule has 0 radical (unpaired) electrons. The van der Waals surface area contributed by atoms with Crippen LogP contribution in [0.25, 0.3) is 0 Å². The maximum absolute atomic E-state index is 6.22. The van der Waals surface area contributed by atoms with Crippen LogP contribution in [0.2, 0.25) is 0 Å². The molecule has 1 N–H and O–H groups in total. The zero-order valence-corrected chi connectivity index (χ0v) is 15.3. The summed E-state index contributed by atoms with van der Waals surface area (Å²) in [6, 6.07) is 0.625. The molecule has 3 heteroatoms. The van der Waals surface area contributed by atoms with Crippen LogP contribution in [0.15, 0.2) is 0 Å². The summed E-state index contributed by atoms with van der Waals surface area (Å²) < 4.78 is 6.22. The molecule has 0 aromatic heterocycles. The lowest BCUT2D eigenvalue weighted by atomic mass is 9.67. The lowest BCUT2D eigenvalue weighted by Crippen LogP contribution is -2.60. The fourth-order valence-electron chi connectivity index (χ4n) is 5.01. The number of rotatable bonds is 3. The Hall–Kier alpha value is -0.120. The minimum Gasteiger partial charge on any atom is -0.367 e. The molecule has 1 saturated carbocycles. The van der Waals surface area contributed by atoms with Crippen LogP contribution >= 0.6 is 0 Å². The van der Waals surface area contributed by atoms with Gasteiger partial charge in [0.15, 0.2) is 0 Å². The number of morpholine rings is 1. The number of nitrogens with zero attached hydrogens (tertiary/aromatic N) is 1. The summed E-state index contributed by atoms with van der Waals surface area (Å²) in [4.78, 5) is 2.64. The van der Waals surface area contributed by atoms with E-state index in [9.17, 15) is 0 Å². The molecule has 1 saturated heterocycles. The molecule has 0 bridgehead atoms. The number of hydrogen-bond acceptors (Lipinski definition) is 3. The van der Waals surface area contributed by atoms with E-state index in [1.807, 2.05) is 0 Å². The molecule has 2 rings (SSSR count). The van der Waals surface area contributed by atoms with Crippen LogP contribution in [0.4, 0.5) is 0 Å². The van der Waals surface area contributed by atoms with Crippen LogP contribution in [-0.4, -0.2) is 48.8 Å². The van der Waals surface area contributed by atoms with E-state index in [-0.39, 0.29) is 11.2 Å². The lowest BCUT2D eigenvalue weighted by molar-refractivity contribution is -0.183. The largest absolute Gasteiger partial charge is 0.367 e. The van der Waals surface area contributed by atoms with E-state index >= 15 is 0 Å². The molecule has 0 amide bonds. The minimum atomic E-state index is -0.0406. The molecule has 124 valence electrons. The summed E-state index contributed by atoms with van der Waals surface area (Å²) in [7, 11) is 2.14. The second-order valence-electron chi connectivity index (χ2n) is 9.20. The summed E-state index contributed by atoms with van der Waals surface area (Å²) in [5.74, 6) is 0.753. The Morgan fingerprint density at radius 2 is 1.62 bits per heavy atom. The Balaban J connectivity index is 2.06. The van der Waals surface area contributed by atoms with Crippen LogP contribution in [-0.2, 0) is 4.74 Å². The van der Waals surface area contributed by atoms with Crippen molar-refractivity contribution in [3.8, 4) is 0 Å². The highest BCUT2D eigenvalue weighted by Gasteiger charge is 2.42. The third-order valence-electron chi connectivity index (χ3n) is 5.27. The molecule has 2 atom stereocenters. The van der Waals surface area contributed by atoms with Gasteiger partial charge in [0.25, 0.3) is 0 Å². The van der Waals surface area contributed by atoms with Gasteiger partial charge >= 0.3 is 0 Å². The van der Waals surface area contributed by atoms with Crippen molar-refractivity contribution in [1.82, 2.24) is 10.2 Å². The average Bonchev–Trinajstić information content (AvgIpc) is 2.23. The second kappa shape index (κ2) is 5.82. The average molecular weight is 296 g/mol. The third kappa shape index (κ3) is 4.20. The smallest absolute Gasteiger partial charge is 0.0760 e. The SMILES string of the molecule is CNC1C(CN2CC(C)(C)OC(C)(C)C2)CCCC1(C)C. The van der Waals surface area contributed by atoms with Gasteiger partial charge < -0.3 is 10.1 Å². The van der Waals surface area contributed by atoms with Crippen molar-refractivity contribution in [2.24, 2.45) is 11.3 Å². The number of nitrogens with one attached hydrogen (secondary N) is 1. The van der Waals surface area contributed by atoms with Crippen molar-refractivity contribution >= 4 is 0 Å². The van der Waals surface area contributed by atoms with Crippen LogP contribution in [0.5, 0.6) is 0 Å². The van der Waals surface area contributed by atoms with E-state index in [1.165, 1.54) is 25.8 Å². The summed E-state index contributed by atoms with van der Waals surface area (Å²) in [5.41, 5.74) is 0.330. The highest BCUT2D eigenvalue weighted by atomic mass is 16.5. The first kappa shape index (κ1) is 17.2. The normalized spacial score (nSPS) is 35.6. The van der Waals surface area contributed by atoms with E-state index < -0.39 is 0 Å². The Morgan fingerprint density at radius 1 is 1.05 bits per heavy atom. The van der Waals surface area contributed by atoms with E-state index in [4.69, 9.17) is 4.74 Å². The highest BCUT2D eigenvalue weighted by molar-refractivity contribution is 4.96. The molecule has 1 aliphatic heterocycles. The van der Waals surface area contributed by atoms with Crippen LogP contribution < -0.4 is 5.32 Å². The van der Waals surface area contributed by atoms with E-state index in [2.05, 4.69) is 58.8 Å². The number of ether oxygens (including phenoxy) is 1. The van der Waals surface area contributed by atoms with Crippen molar-refractivity contribution in [2.45, 2.75) is 78.0 Å². The van der Waals surface area contributed by atoms with Gasteiger partial charge in [-0.2, -0.15) is 0 Å². The molecule has 2 aliphatic rings. The summed E-state index contributed by atoms with van der Waals surface area (Å²) in [6.07, 6.45) is 4.06. The van der Waals surface area contributed by atoms with Gasteiger partial charge in [-0.3, -0.25) is 4.90 Å².